The lowest BCUT2D eigenvalue weighted by Crippen LogP contribution is -2.08. The van der Waals surface area contributed by atoms with Gasteiger partial charge in [0.1, 0.15) is 10.6 Å². The number of anilines is 1. The van der Waals surface area contributed by atoms with Gasteiger partial charge < -0.3 is 5.32 Å². The maximum Gasteiger partial charge on any atom is 0.225 e. The van der Waals surface area contributed by atoms with Crippen LogP contribution in [0.2, 0.25) is 5.28 Å². The zero-order chi connectivity index (χ0) is 13.2. The van der Waals surface area contributed by atoms with E-state index in [4.69, 9.17) is 11.6 Å². The maximum absolute atomic E-state index is 5.95. The molecule has 2 heterocycles. The Bertz CT molecular complexity index is 696. The summed E-state index contributed by atoms with van der Waals surface area (Å²) in [6.45, 7) is 2.10. The first-order chi connectivity index (χ1) is 9.24. The summed E-state index contributed by atoms with van der Waals surface area (Å²) in [5.74, 6) is 0.785. The van der Waals surface area contributed by atoms with Crippen LogP contribution in [-0.2, 0) is 0 Å². The van der Waals surface area contributed by atoms with E-state index >= 15 is 0 Å². The summed E-state index contributed by atoms with van der Waals surface area (Å²) in [7, 11) is 0. The first-order valence-corrected chi connectivity index (χ1v) is 7.22. The summed E-state index contributed by atoms with van der Waals surface area (Å²) < 4.78 is 0. The van der Waals surface area contributed by atoms with E-state index in [9.17, 15) is 0 Å². The van der Waals surface area contributed by atoms with Gasteiger partial charge in [0, 0.05) is 6.04 Å². The predicted octanol–water partition coefficient (Wildman–Crippen LogP) is 4.52. The standard InChI is InChI=1S/C14H12ClN3S/c1-9(10-5-3-2-4-6-10)16-12-11-7-8-19-13(11)18-14(15)17-12/h2-9H,1H3,(H,16,17,18). The molecule has 0 bridgehead atoms. The topological polar surface area (TPSA) is 37.8 Å². The van der Waals surface area contributed by atoms with Gasteiger partial charge in [0.05, 0.1) is 5.39 Å². The highest BCUT2D eigenvalue weighted by Crippen LogP contribution is 2.28. The van der Waals surface area contributed by atoms with Gasteiger partial charge in [-0.25, -0.2) is 9.97 Å². The Morgan fingerprint density at radius 3 is 2.74 bits per heavy atom. The second-order valence-electron chi connectivity index (χ2n) is 4.26. The molecule has 96 valence electrons. The number of halogens is 1. The zero-order valence-corrected chi connectivity index (χ0v) is 11.9. The van der Waals surface area contributed by atoms with Gasteiger partial charge in [0.25, 0.3) is 0 Å². The Hall–Kier alpha value is -1.65. The quantitative estimate of drug-likeness (QED) is 0.721. The Kier molecular flexibility index (Phi) is 3.36. The third-order valence-corrected chi connectivity index (χ3v) is 3.93. The number of rotatable bonds is 3. The van der Waals surface area contributed by atoms with Crippen molar-refractivity contribution in [3.8, 4) is 0 Å². The lowest BCUT2D eigenvalue weighted by Gasteiger charge is -2.15. The van der Waals surface area contributed by atoms with Gasteiger partial charge in [-0.1, -0.05) is 30.3 Å². The molecule has 0 aliphatic rings. The smallest absolute Gasteiger partial charge is 0.225 e. The minimum atomic E-state index is 0.162. The molecular weight excluding hydrogens is 278 g/mol. The monoisotopic (exact) mass is 289 g/mol. The minimum Gasteiger partial charge on any atom is -0.363 e. The molecule has 0 radical (unpaired) electrons. The van der Waals surface area contributed by atoms with Crippen LogP contribution in [0.4, 0.5) is 5.82 Å². The van der Waals surface area contributed by atoms with E-state index < -0.39 is 0 Å². The summed E-state index contributed by atoms with van der Waals surface area (Å²) in [5, 5.41) is 6.68. The van der Waals surface area contributed by atoms with Crippen LogP contribution in [0, 0.1) is 0 Å². The van der Waals surface area contributed by atoms with Gasteiger partial charge in [-0.3, -0.25) is 0 Å². The fraction of sp³-hybridized carbons (Fsp3) is 0.143. The number of thiophene rings is 1. The molecule has 0 aliphatic heterocycles. The molecule has 2 aromatic heterocycles. The largest absolute Gasteiger partial charge is 0.363 e. The summed E-state index contributed by atoms with van der Waals surface area (Å²) in [6, 6.07) is 12.4. The van der Waals surface area contributed by atoms with Crippen LogP contribution in [0.5, 0.6) is 0 Å². The molecule has 0 amide bonds. The Balaban J connectivity index is 1.95. The van der Waals surface area contributed by atoms with E-state index in [1.54, 1.807) is 11.3 Å². The summed E-state index contributed by atoms with van der Waals surface area (Å²) >= 11 is 7.52. The lowest BCUT2D eigenvalue weighted by molar-refractivity contribution is 0.876. The Morgan fingerprint density at radius 1 is 1.16 bits per heavy atom. The van der Waals surface area contributed by atoms with Crippen LogP contribution in [-0.4, -0.2) is 9.97 Å². The number of fused-ring (bicyclic) bond motifs is 1. The third-order valence-electron chi connectivity index (χ3n) is 2.95. The van der Waals surface area contributed by atoms with E-state index in [2.05, 4.69) is 34.3 Å². The van der Waals surface area contributed by atoms with Crippen LogP contribution >= 0.6 is 22.9 Å². The van der Waals surface area contributed by atoms with Gasteiger partial charge in [-0.05, 0) is 35.5 Å². The molecule has 1 atom stereocenters. The average Bonchev–Trinajstić information content (AvgIpc) is 2.88. The third kappa shape index (κ3) is 2.55. The van der Waals surface area contributed by atoms with Gasteiger partial charge in [0.2, 0.25) is 5.28 Å². The fourth-order valence-corrected chi connectivity index (χ4v) is 2.95. The van der Waals surface area contributed by atoms with Crippen LogP contribution in [0.3, 0.4) is 0 Å². The molecule has 0 spiro atoms. The molecule has 3 rings (SSSR count). The zero-order valence-electron chi connectivity index (χ0n) is 10.3. The van der Waals surface area contributed by atoms with Crippen molar-refractivity contribution in [1.29, 1.82) is 0 Å². The molecule has 5 heteroatoms. The summed E-state index contributed by atoms with van der Waals surface area (Å²) in [4.78, 5) is 9.40. The maximum atomic E-state index is 5.95. The molecule has 0 saturated heterocycles. The summed E-state index contributed by atoms with van der Waals surface area (Å²) in [6.07, 6.45) is 0. The molecule has 1 N–H and O–H groups in total. The minimum absolute atomic E-state index is 0.162. The second kappa shape index (κ2) is 5.15. The van der Waals surface area contributed by atoms with Crippen molar-refractivity contribution < 1.29 is 0 Å². The number of hydrogen-bond acceptors (Lipinski definition) is 4. The van der Waals surface area contributed by atoms with Crippen LogP contribution in [0.15, 0.2) is 41.8 Å². The van der Waals surface area contributed by atoms with Crippen molar-refractivity contribution in [2.45, 2.75) is 13.0 Å². The van der Waals surface area contributed by atoms with Crippen molar-refractivity contribution in [2.24, 2.45) is 0 Å². The predicted molar refractivity (Wildman–Crippen MR) is 80.9 cm³/mol. The van der Waals surface area contributed by atoms with Gasteiger partial charge in [-0.2, -0.15) is 0 Å². The SMILES string of the molecule is CC(Nc1nc(Cl)nc2sccc12)c1ccccc1. The van der Waals surface area contributed by atoms with E-state index in [0.29, 0.717) is 0 Å². The van der Waals surface area contributed by atoms with Crippen molar-refractivity contribution in [3.63, 3.8) is 0 Å². The molecule has 3 aromatic rings. The van der Waals surface area contributed by atoms with E-state index in [1.807, 2.05) is 29.6 Å². The number of hydrogen-bond donors (Lipinski definition) is 1. The number of nitrogens with zero attached hydrogens (tertiary/aromatic N) is 2. The first kappa shape index (κ1) is 12.4. The van der Waals surface area contributed by atoms with Gasteiger partial charge in [0.15, 0.2) is 0 Å². The molecule has 1 unspecified atom stereocenters. The molecule has 3 nitrogen and oxygen atoms in total. The van der Waals surface area contributed by atoms with Crippen molar-refractivity contribution in [3.05, 3.63) is 52.6 Å². The molecule has 1 aromatic carbocycles. The van der Waals surface area contributed by atoms with Crippen LogP contribution in [0.25, 0.3) is 10.2 Å². The highest BCUT2D eigenvalue weighted by atomic mass is 35.5. The lowest BCUT2D eigenvalue weighted by atomic mass is 10.1. The number of aromatic nitrogens is 2. The number of benzene rings is 1. The normalized spacial score (nSPS) is 12.5. The summed E-state index contributed by atoms with van der Waals surface area (Å²) in [5.41, 5.74) is 1.21. The van der Waals surface area contributed by atoms with Crippen LogP contribution < -0.4 is 5.32 Å². The fourth-order valence-electron chi connectivity index (χ4n) is 1.97. The molecule has 0 aliphatic carbocycles. The Labute approximate surface area is 120 Å². The molecule has 19 heavy (non-hydrogen) atoms. The van der Waals surface area contributed by atoms with Crippen molar-refractivity contribution in [2.75, 3.05) is 5.32 Å². The molecular formula is C14H12ClN3S. The molecule has 0 fully saturated rings. The average molecular weight is 290 g/mol. The second-order valence-corrected chi connectivity index (χ2v) is 5.49. The van der Waals surface area contributed by atoms with Gasteiger partial charge in [-0.15, -0.1) is 11.3 Å². The van der Waals surface area contributed by atoms with E-state index in [-0.39, 0.29) is 11.3 Å². The highest BCUT2D eigenvalue weighted by Gasteiger charge is 2.11. The molecule has 0 saturated carbocycles. The van der Waals surface area contributed by atoms with Crippen molar-refractivity contribution >= 4 is 39.0 Å². The first-order valence-electron chi connectivity index (χ1n) is 5.96. The number of nitrogens with one attached hydrogen (secondary N) is 1. The van der Waals surface area contributed by atoms with Gasteiger partial charge >= 0.3 is 0 Å². The Morgan fingerprint density at radius 2 is 1.95 bits per heavy atom. The van der Waals surface area contributed by atoms with E-state index in [1.165, 1.54) is 5.56 Å². The van der Waals surface area contributed by atoms with Crippen molar-refractivity contribution in [1.82, 2.24) is 9.97 Å². The van der Waals surface area contributed by atoms with Crippen LogP contribution in [0.1, 0.15) is 18.5 Å². The van der Waals surface area contributed by atoms with E-state index in [0.717, 1.165) is 16.0 Å². The highest BCUT2D eigenvalue weighted by molar-refractivity contribution is 7.16.